The highest BCUT2D eigenvalue weighted by Crippen LogP contribution is 2.58. The molecule has 0 amide bonds. The van der Waals surface area contributed by atoms with Crippen LogP contribution in [0.4, 0.5) is 11.4 Å². The Morgan fingerprint density at radius 1 is 0.425 bits per heavy atom. The normalized spacial score (nSPS) is 13.5. The fourth-order valence-corrected chi connectivity index (χ4v) is 7.22. The van der Waals surface area contributed by atoms with E-state index < -0.39 is 0 Å². The Balaban J connectivity index is 1.62. The van der Waals surface area contributed by atoms with Gasteiger partial charge in [-0.15, -0.1) is 0 Å². The van der Waals surface area contributed by atoms with Crippen LogP contribution in [0.1, 0.15) is 31.8 Å². The van der Waals surface area contributed by atoms with Gasteiger partial charge in [0.05, 0.1) is 11.4 Å². The van der Waals surface area contributed by atoms with Gasteiger partial charge in [-0.05, 0) is 34.0 Å². The van der Waals surface area contributed by atoms with E-state index in [1.807, 2.05) is 36.4 Å². The van der Waals surface area contributed by atoms with Gasteiger partial charge < -0.3 is 21.7 Å². The van der Waals surface area contributed by atoms with Crippen LogP contribution in [0, 0.1) is 0 Å². The second kappa shape index (κ2) is 6.68. The fourth-order valence-electron chi connectivity index (χ4n) is 7.22. The average molecular weight is 519 g/mol. The molecule has 40 heavy (non-hydrogen) atoms. The van der Waals surface area contributed by atoms with Crippen LogP contribution in [0.2, 0.25) is 0 Å². The van der Waals surface area contributed by atoms with Crippen LogP contribution in [0.15, 0.2) is 72.8 Å². The van der Waals surface area contributed by atoms with Gasteiger partial charge in [0, 0.05) is 65.7 Å². The zero-order valence-electron chi connectivity index (χ0n) is 20.8. The molecule has 0 radical (unpaired) electrons. The highest BCUT2D eigenvalue weighted by Gasteiger charge is 2.35. The maximum Gasteiger partial charge on any atom is 0.194 e. The number of rotatable bonds is 0. The highest BCUT2D eigenvalue weighted by atomic mass is 16.3. The number of hydrogen-bond acceptors (Lipinski definition) is 6. The van der Waals surface area contributed by atoms with Crippen molar-refractivity contribution in [1.29, 1.82) is 0 Å². The van der Waals surface area contributed by atoms with E-state index in [0.717, 1.165) is 10.8 Å². The molecule has 0 aliphatic heterocycles. The Hall–Kier alpha value is -5.62. The average Bonchev–Trinajstić information content (AvgIpc) is 2.98. The van der Waals surface area contributed by atoms with E-state index in [-0.39, 0.29) is 34.4 Å². The minimum Gasteiger partial charge on any atom is -0.505 e. The molecule has 0 aromatic heterocycles. The largest absolute Gasteiger partial charge is 0.505 e. The number of nitrogen functional groups attached to an aromatic ring is 2. The molecule has 2 aliphatic carbocycles. The third-order valence-electron chi connectivity index (χ3n) is 8.84. The standard InChI is InChI=1S/C34H18N2O4/c35-29-25-13-5-1-3-7-17(13)31(37)19-11-9-15-16-10-12-20-24-22(16)28(27(33(29)39)21(15)23(19)25)34(40)30(36)26(24)14-6-2-4-8-18(14)32(20)38/h1-12,39-40H,35-36H2. The molecule has 6 nitrogen and oxygen atoms in total. The summed E-state index contributed by atoms with van der Waals surface area (Å²) in [7, 11) is 0. The van der Waals surface area contributed by atoms with Gasteiger partial charge in [-0.2, -0.15) is 0 Å². The van der Waals surface area contributed by atoms with Gasteiger partial charge in [0.1, 0.15) is 11.5 Å². The van der Waals surface area contributed by atoms with Crippen LogP contribution in [0.3, 0.4) is 0 Å². The molecule has 0 saturated heterocycles. The van der Waals surface area contributed by atoms with Crippen molar-refractivity contribution in [3.05, 3.63) is 95.1 Å². The van der Waals surface area contributed by atoms with E-state index in [2.05, 4.69) is 0 Å². The van der Waals surface area contributed by atoms with Crippen molar-refractivity contribution < 1.29 is 19.8 Å². The van der Waals surface area contributed by atoms with E-state index in [1.54, 1.807) is 36.4 Å². The summed E-state index contributed by atoms with van der Waals surface area (Å²) in [5.41, 5.74) is 18.0. The maximum absolute atomic E-state index is 13.7. The summed E-state index contributed by atoms with van der Waals surface area (Å²) in [4.78, 5) is 27.3. The minimum atomic E-state index is -0.200. The lowest BCUT2D eigenvalue weighted by molar-refractivity contribution is 0.103. The number of hydrogen-bond donors (Lipinski definition) is 4. The van der Waals surface area contributed by atoms with E-state index in [0.29, 0.717) is 76.8 Å². The Morgan fingerprint density at radius 3 is 1.20 bits per heavy atom. The molecule has 6 N–H and O–H groups in total. The zero-order chi connectivity index (χ0) is 27.2. The third-order valence-corrected chi connectivity index (χ3v) is 8.84. The lowest BCUT2D eigenvalue weighted by Crippen LogP contribution is -2.13. The van der Waals surface area contributed by atoms with Crippen molar-refractivity contribution in [3.63, 3.8) is 0 Å². The maximum atomic E-state index is 13.7. The second-order valence-electron chi connectivity index (χ2n) is 10.6. The van der Waals surface area contributed by atoms with E-state index >= 15 is 0 Å². The van der Waals surface area contributed by atoms with Gasteiger partial charge in [-0.3, -0.25) is 9.59 Å². The summed E-state index contributed by atoms with van der Waals surface area (Å²) < 4.78 is 0. The number of carbonyl (C=O) groups is 2. The summed E-state index contributed by atoms with van der Waals surface area (Å²) in [6, 6.07) is 21.8. The number of anilines is 2. The van der Waals surface area contributed by atoms with Crippen LogP contribution in [0.5, 0.6) is 11.5 Å². The van der Waals surface area contributed by atoms with Gasteiger partial charge >= 0.3 is 0 Å². The van der Waals surface area contributed by atoms with Crippen LogP contribution in [-0.4, -0.2) is 21.8 Å². The molecule has 2 aliphatic rings. The molecule has 0 spiro atoms. The summed E-state index contributed by atoms with van der Waals surface area (Å²) in [6.07, 6.45) is 0. The van der Waals surface area contributed by atoms with Crippen LogP contribution in [-0.2, 0) is 0 Å². The molecule has 7 aromatic rings. The number of fused-ring (bicyclic) bond motifs is 6. The van der Waals surface area contributed by atoms with Crippen LogP contribution >= 0.6 is 0 Å². The molecule has 188 valence electrons. The molecule has 0 fully saturated rings. The Kier molecular flexibility index (Phi) is 3.56. The molecule has 0 unspecified atom stereocenters. The first kappa shape index (κ1) is 21.3. The fraction of sp³-hybridized carbons (Fsp3) is 0. The topological polar surface area (TPSA) is 127 Å². The van der Waals surface area contributed by atoms with Crippen molar-refractivity contribution in [2.45, 2.75) is 0 Å². The quantitative estimate of drug-likeness (QED) is 0.0762. The predicted molar refractivity (Wildman–Crippen MR) is 158 cm³/mol. The monoisotopic (exact) mass is 518 g/mol. The number of phenolic OH excluding ortho intramolecular Hbond substituents is 2. The van der Waals surface area contributed by atoms with Crippen molar-refractivity contribution in [3.8, 4) is 33.8 Å². The summed E-state index contributed by atoms with van der Waals surface area (Å²) in [6.45, 7) is 0. The first-order valence-electron chi connectivity index (χ1n) is 12.9. The number of carbonyl (C=O) groups excluding carboxylic acids is 2. The number of nitrogens with two attached hydrogens (primary N) is 2. The van der Waals surface area contributed by atoms with Gasteiger partial charge in [-0.25, -0.2) is 0 Å². The SMILES string of the molecule is Nc1c2c3c(ccc4c5ccc6c7c(c(N)c(O)c(c(c1O)c34)c75)-c1ccccc1C6=O)C(=O)c1ccccc1-2. The lowest BCUT2D eigenvalue weighted by atomic mass is 9.75. The zero-order valence-corrected chi connectivity index (χ0v) is 20.8. The first-order valence-corrected chi connectivity index (χ1v) is 12.9. The van der Waals surface area contributed by atoms with Crippen molar-refractivity contribution in [2.24, 2.45) is 0 Å². The van der Waals surface area contributed by atoms with E-state index in [1.165, 1.54) is 0 Å². The molecule has 9 rings (SSSR count). The van der Waals surface area contributed by atoms with Crippen molar-refractivity contribution >= 4 is 66.0 Å². The van der Waals surface area contributed by atoms with Crippen LogP contribution < -0.4 is 11.5 Å². The Bertz CT molecular complexity index is 2240. The van der Waals surface area contributed by atoms with Crippen molar-refractivity contribution in [2.75, 3.05) is 11.5 Å². The Labute approximate surface area is 226 Å². The van der Waals surface area contributed by atoms with Gasteiger partial charge in [0.25, 0.3) is 0 Å². The summed E-state index contributed by atoms with van der Waals surface area (Å²) >= 11 is 0. The lowest BCUT2D eigenvalue weighted by Gasteiger charge is -2.28. The number of phenols is 2. The molecule has 0 saturated carbocycles. The molecule has 7 aromatic carbocycles. The first-order chi connectivity index (χ1) is 19.4. The van der Waals surface area contributed by atoms with Gasteiger partial charge in [-0.1, -0.05) is 60.7 Å². The number of benzene rings is 7. The smallest absolute Gasteiger partial charge is 0.194 e. The van der Waals surface area contributed by atoms with Crippen LogP contribution in [0.25, 0.3) is 65.3 Å². The second-order valence-corrected chi connectivity index (χ2v) is 10.6. The highest BCUT2D eigenvalue weighted by molar-refractivity contribution is 6.45. The predicted octanol–water partition coefficient (Wildman–Crippen LogP) is 6.74. The Morgan fingerprint density at radius 2 is 0.800 bits per heavy atom. The minimum absolute atomic E-state index is 0.115. The van der Waals surface area contributed by atoms with E-state index in [9.17, 15) is 19.8 Å². The van der Waals surface area contributed by atoms with E-state index in [4.69, 9.17) is 11.5 Å². The molecule has 6 heteroatoms. The van der Waals surface area contributed by atoms with Gasteiger partial charge in [0.2, 0.25) is 0 Å². The number of aromatic hydroxyl groups is 2. The molecule has 0 heterocycles. The molecular weight excluding hydrogens is 500 g/mol. The summed E-state index contributed by atoms with van der Waals surface area (Å²) in [5.74, 6) is -0.664. The number of ketones is 2. The third kappa shape index (κ3) is 2.13. The molecular formula is C34H18N2O4. The summed E-state index contributed by atoms with van der Waals surface area (Å²) in [5, 5.41) is 28.2. The molecule has 0 atom stereocenters. The van der Waals surface area contributed by atoms with Crippen molar-refractivity contribution in [1.82, 2.24) is 0 Å². The molecule has 0 bridgehead atoms. The van der Waals surface area contributed by atoms with Gasteiger partial charge in [0.15, 0.2) is 11.6 Å².